The van der Waals surface area contributed by atoms with Crippen LogP contribution in [0.3, 0.4) is 0 Å². The number of nitro groups is 1. The van der Waals surface area contributed by atoms with Gasteiger partial charge in [0.15, 0.2) is 0 Å². The van der Waals surface area contributed by atoms with Crippen LogP contribution in [0.5, 0.6) is 0 Å². The van der Waals surface area contributed by atoms with E-state index in [0.717, 1.165) is 17.0 Å². The SMILES string of the molecule is O=C(O)C1CSCN1C(=O)c1cc(F)cc([N+](=O)[O-])c1. The topological polar surface area (TPSA) is 101 Å². The highest BCUT2D eigenvalue weighted by molar-refractivity contribution is 7.99. The first-order chi connectivity index (χ1) is 9.40. The third-order valence-electron chi connectivity index (χ3n) is 2.77. The number of hydrogen-bond acceptors (Lipinski definition) is 5. The molecule has 1 atom stereocenters. The lowest BCUT2D eigenvalue weighted by Gasteiger charge is -2.20. The third kappa shape index (κ3) is 2.72. The smallest absolute Gasteiger partial charge is 0.327 e. The van der Waals surface area contributed by atoms with Gasteiger partial charge in [0.25, 0.3) is 11.6 Å². The molecule has 1 aromatic carbocycles. The summed E-state index contributed by atoms with van der Waals surface area (Å²) in [5.74, 6) is -2.42. The van der Waals surface area contributed by atoms with Gasteiger partial charge in [-0.05, 0) is 6.07 Å². The number of carbonyl (C=O) groups excluding carboxylic acids is 1. The molecule has 1 heterocycles. The zero-order valence-corrected chi connectivity index (χ0v) is 10.8. The number of carboxylic acids is 1. The maximum absolute atomic E-state index is 13.3. The summed E-state index contributed by atoms with van der Waals surface area (Å²) in [4.78, 5) is 34.0. The molecule has 1 amide bonds. The molecule has 0 radical (unpaired) electrons. The molecule has 2 rings (SSSR count). The number of hydrogen-bond donors (Lipinski definition) is 1. The summed E-state index contributed by atoms with van der Waals surface area (Å²) in [5, 5.41) is 19.6. The van der Waals surface area contributed by atoms with E-state index in [1.807, 2.05) is 0 Å². The van der Waals surface area contributed by atoms with Crippen LogP contribution in [-0.2, 0) is 4.79 Å². The number of nitro benzene ring substituents is 1. The maximum Gasteiger partial charge on any atom is 0.327 e. The Morgan fingerprint density at radius 1 is 1.45 bits per heavy atom. The number of aliphatic carboxylic acids is 1. The Kier molecular flexibility index (Phi) is 3.89. The molecule has 7 nitrogen and oxygen atoms in total. The molecule has 1 unspecified atom stereocenters. The minimum absolute atomic E-state index is 0.153. The third-order valence-corrected chi connectivity index (χ3v) is 3.78. The predicted molar refractivity (Wildman–Crippen MR) is 68.0 cm³/mol. The average molecular weight is 300 g/mol. The Hall–Kier alpha value is -2.16. The van der Waals surface area contributed by atoms with E-state index in [4.69, 9.17) is 5.11 Å². The molecular formula is C11H9FN2O5S. The lowest BCUT2D eigenvalue weighted by atomic mass is 10.1. The number of rotatable bonds is 3. The van der Waals surface area contributed by atoms with E-state index in [9.17, 15) is 24.1 Å². The van der Waals surface area contributed by atoms with Crippen molar-refractivity contribution in [2.45, 2.75) is 6.04 Å². The molecule has 0 bridgehead atoms. The number of thioether (sulfide) groups is 1. The first-order valence-corrected chi connectivity index (χ1v) is 6.62. The van der Waals surface area contributed by atoms with Crippen molar-refractivity contribution < 1.29 is 24.0 Å². The number of carbonyl (C=O) groups is 2. The summed E-state index contributed by atoms with van der Waals surface area (Å²) in [6, 6.07) is 1.49. The highest BCUT2D eigenvalue weighted by Crippen LogP contribution is 2.25. The van der Waals surface area contributed by atoms with Gasteiger partial charge < -0.3 is 10.0 Å². The normalized spacial score (nSPS) is 18.1. The fourth-order valence-electron chi connectivity index (χ4n) is 1.82. The Morgan fingerprint density at radius 2 is 2.15 bits per heavy atom. The number of halogens is 1. The zero-order valence-electron chi connectivity index (χ0n) is 9.98. The van der Waals surface area contributed by atoms with Gasteiger partial charge in [0.1, 0.15) is 11.9 Å². The Labute approximate surface area is 116 Å². The van der Waals surface area contributed by atoms with Gasteiger partial charge in [-0.15, -0.1) is 11.8 Å². The van der Waals surface area contributed by atoms with E-state index in [0.29, 0.717) is 6.07 Å². The fraction of sp³-hybridized carbons (Fsp3) is 0.273. The molecule has 20 heavy (non-hydrogen) atoms. The molecule has 1 fully saturated rings. The minimum Gasteiger partial charge on any atom is -0.480 e. The molecule has 1 aliphatic rings. The number of benzene rings is 1. The van der Waals surface area contributed by atoms with Crippen molar-refractivity contribution in [2.75, 3.05) is 11.6 Å². The van der Waals surface area contributed by atoms with Crippen LogP contribution in [0.4, 0.5) is 10.1 Å². The highest BCUT2D eigenvalue weighted by atomic mass is 32.2. The van der Waals surface area contributed by atoms with E-state index in [-0.39, 0.29) is 17.2 Å². The largest absolute Gasteiger partial charge is 0.480 e. The van der Waals surface area contributed by atoms with Gasteiger partial charge in [0, 0.05) is 17.4 Å². The average Bonchev–Trinajstić information content (AvgIpc) is 2.86. The Bertz CT molecular complexity index is 594. The highest BCUT2D eigenvalue weighted by Gasteiger charge is 2.35. The molecule has 9 heteroatoms. The van der Waals surface area contributed by atoms with Crippen molar-refractivity contribution in [3.8, 4) is 0 Å². The molecule has 0 spiro atoms. The van der Waals surface area contributed by atoms with E-state index < -0.39 is 34.3 Å². The monoisotopic (exact) mass is 300 g/mol. The van der Waals surface area contributed by atoms with Crippen LogP contribution in [0.15, 0.2) is 18.2 Å². The number of non-ortho nitro benzene ring substituents is 1. The van der Waals surface area contributed by atoms with Crippen LogP contribution in [0.2, 0.25) is 0 Å². The molecule has 1 aliphatic heterocycles. The van der Waals surface area contributed by atoms with E-state index in [1.54, 1.807) is 0 Å². The maximum atomic E-state index is 13.3. The molecule has 0 aromatic heterocycles. The summed E-state index contributed by atoms with van der Waals surface area (Å²) < 4.78 is 13.3. The quantitative estimate of drug-likeness (QED) is 0.667. The van der Waals surface area contributed by atoms with Crippen molar-refractivity contribution in [3.05, 3.63) is 39.7 Å². The molecule has 0 saturated carbocycles. The van der Waals surface area contributed by atoms with Crippen molar-refractivity contribution in [1.82, 2.24) is 4.90 Å². The van der Waals surface area contributed by atoms with Crippen LogP contribution in [0, 0.1) is 15.9 Å². The van der Waals surface area contributed by atoms with Crippen LogP contribution >= 0.6 is 11.8 Å². The molecular weight excluding hydrogens is 291 g/mol. The van der Waals surface area contributed by atoms with E-state index in [2.05, 4.69) is 0 Å². The van der Waals surface area contributed by atoms with E-state index >= 15 is 0 Å². The predicted octanol–water partition coefficient (Wildman–Crippen LogP) is 1.33. The molecule has 0 aliphatic carbocycles. The Balaban J connectivity index is 2.33. The van der Waals surface area contributed by atoms with Crippen molar-refractivity contribution in [2.24, 2.45) is 0 Å². The fourth-order valence-corrected chi connectivity index (χ4v) is 2.96. The van der Waals surface area contributed by atoms with Gasteiger partial charge in [0.2, 0.25) is 0 Å². The van der Waals surface area contributed by atoms with Gasteiger partial charge in [0.05, 0.1) is 16.9 Å². The summed E-state index contributed by atoms with van der Waals surface area (Å²) in [5.41, 5.74) is -0.780. The standard InChI is InChI=1S/C11H9FN2O5S/c12-7-1-6(2-8(3-7)14(18)19)10(15)13-5-20-4-9(13)11(16)17/h1-3,9H,4-5H2,(H,16,17). The summed E-state index contributed by atoms with van der Waals surface area (Å²) in [6.45, 7) is 0. The second kappa shape index (κ2) is 5.45. The summed E-state index contributed by atoms with van der Waals surface area (Å²) >= 11 is 1.25. The summed E-state index contributed by atoms with van der Waals surface area (Å²) in [6.07, 6.45) is 0. The van der Waals surface area contributed by atoms with Crippen molar-refractivity contribution >= 4 is 29.3 Å². The van der Waals surface area contributed by atoms with Crippen molar-refractivity contribution in [1.29, 1.82) is 0 Å². The van der Waals surface area contributed by atoms with Gasteiger partial charge >= 0.3 is 5.97 Å². The van der Waals surface area contributed by atoms with Gasteiger partial charge in [-0.3, -0.25) is 14.9 Å². The molecule has 1 saturated heterocycles. The number of amides is 1. The van der Waals surface area contributed by atoms with Crippen LogP contribution in [0.1, 0.15) is 10.4 Å². The van der Waals surface area contributed by atoms with Crippen LogP contribution in [-0.4, -0.2) is 44.5 Å². The van der Waals surface area contributed by atoms with Gasteiger partial charge in [-0.2, -0.15) is 0 Å². The first kappa shape index (κ1) is 14.3. The Morgan fingerprint density at radius 3 is 2.75 bits per heavy atom. The number of carboxylic acid groups (broad SMARTS) is 1. The minimum atomic E-state index is -1.16. The van der Waals surface area contributed by atoms with E-state index in [1.165, 1.54) is 11.8 Å². The van der Waals surface area contributed by atoms with Gasteiger partial charge in [-0.25, -0.2) is 9.18 Å². The molecule has 106 valence electrons. The lowest BCUT2D eigenvalue weighted by Crippen LogP contribution is -2.41. The van der Waals surface area contributed by atoms with Gasteiger partial charge in [-0.1, -0.05) is 0 Å². The number of nitrogens with zero attached hydrogens (tertiary/aromatic N) is 2. The summed E-state index contributed by atoms with van der Waals surface area (Å²) in [7, 11) is 0. The van der Waals surface area contributed by atoms with Crippen molar-refractivity contribution in [3.63, 3.8) is 0 Å². The zero-order chi connectivity index (χ0) is 14.9. The lowest BCUT2D eigenvalue weighted by molar-refractivity contribution is -0.385. The second-order valence-corrected chi connectivity index (χ2v) is 5.08. The molecule has 1 N–H and O–H groups in total. The van der Waals surface area contributed by atoms with Crippen LogP contribution in [0.25, 0.3) is 0 Å². The van der Waals surface area contributed by atoms with Crippen LogP contribution < -0.4 is 0 Å². The second-order valence-electron chi connectivity index (χ2n) is 4.08. The molecule has 1 aromatic rings. The first-order valence-electron chi connectivity index (χ1n) is 5.46.